The third-order valence-corrected chi connectivity index (χ3v) is 3.73. The number of aromatic hydroxyl groups is 1. The molecular formula is C18H17NO4. The Kier molecular flexibility index (Phi) is 3.93. The van der Waals surface area contributed by atoms with E-state index in [1.165, 1.54) is 0 Å². The van der Waals surface area contributed by atoms with Crippen molar-refractivity contribution in [2.75, 3.05) is 14.2 Å². The first-order valence-electron chi connectivity index (χ1n) is 7.11. The van der Waals surface area contributed by atoms with Gasteiger partial charge in [-0.05, 0) is 36.2 Å². The number of hydrogen-bond acceptors (Lipinski definition) is 5. The van der Waals surface area contributed by atoms with Gasteiger partial charge in [0.2, 0.25) is 0 Å². The zero-order chi connectivity index (χ0) is 16.4. The summed E-state index contributed by atoms with van der Waals surface area (Å²) in [6.07, 6.45) is 1.64. The van der Waals surface area contributed by atoms with Crippen molar-refractivity contribution in [3.8, 4) is 39.7 Å². The van der Waals surface area contributed by atoms with Crippen molar-refractivity contribution in [3.63, 3.8) is 0 Å². The largest absolute Gasteiger partial charge is 0.507 e. The predicted molar refractivity (Wildman–Crippen MR) is 86.9 cm³/mol. The van der Waals surface area contributed by atoms with E-state index < -0.39 is 0 Å². The molecule has 5 heteroatoms. The van der Waals surface area contributed by atoms with Crippen LogP contribution in [0.1, 0.15) is 5.56 Å². The maximum atomic E-state index is 10.3. The van der Waals surface area contributed by atoms with Crippen LogP contribution in [0.4, 0.5) is 0 Å². The van der Waals surface area contributed by atoms with Crippen LogP contribution < -0.4 is 9.47 Å². The third kappa shape index (κ3) is 2.73. The van der Waals surface area contributed by atoms with Crippen LogP contribution in [-0.2, 0) is 0 Å². The van der Waals surface area contributed by atoms with Gasteiger partial charge in [0.1, 0.15) is 17.2 Å². The van der Waals surface area contributed by atoms with E-state index in [1.807, 2.05) is 37.3 Å². The smallest absolute Gasteiger partial charge is 0.178 e. The molecule has 1 aromatic heterocycles. The van der Waals surface area contributed by atoms with Crippen LogP contribution in [0.5, 0.6) is 17.2 Å². The topological polar surface area (TPSA) is 64.7 Å². The maximum absolute atomic E-state index is 10.3. The van der Waals surface area contributed by atoms with Gasteiger partial charge in [-0.1, -0.05) is 17.3 Å². The number of ether oxygens (including phenoxy) is 2. The highest BCUT2D eigenvalue weighted by molar-refractivity contribution is 5.82. The second kappa shape index (κ2) is 6.04. The highest BCUT2D eigenvalue weighted by atomic mass is 16.5. The molecule has 0 aliphatic heterocycles. The first kappa shape index (κ1) is 15.0. The molecule has 0 spiro atoms. The molecule has 0 fully saturated rings. The Labute approximate surface area is 134 Å². The van der Waals surface area contributed by atoms with E-state index >= 15 is 0 Å². The van der Waals surface area contributed by atoms with Crippen LogP contribution in [0.25, 0.3) is 22.5 Å². The van der Waals surface area contributed by atoms with E-state index in [-0.39, 0.29) is 5.75 Å². The maximum Gasteiger partial charge on any atom is 0.178 e. The summed E-state index contributed by atoms with van der Waals surface area (Å²) in [5, 5.41) is 14.2. The number of nitrogens with zero attached hydrogens (tertiary/aromatic N) is 1. The molecule has 1 heterocycles. The van der Waals surface area contributed by atoms with Gasteiger partial charge in [0.25, 0.3) is 0 Å². The highest BCUT2D eigenvalue weighted by Gasteiger charge is 2.18. The molecule has 118 valence electrons. The predicted octanol–water partition coefficient (Wildman–Crippen LogP) is 4.04. The number of phenolic OH excluding ortho intramolecular Hbond substituents is 1. The molecule has 1 N–H and O–H groups in total. The summed E-state index contributed by atoms with van der Waals surface area (Å²) in [7, 11) is 3.19. The van der Waals surface area contributed by atoms with E-state index in [2.05, 4.69) is 5.16 Å². The van der Waals surface area contributed by atoms with Crippen molar-refractivity contribution < 1.29 is 19.1 Å². The molecule has 0 saturated carbocycles. The fourth-order valence-electron chi connectivity index (χ4n) is 2.49. The summed E-state index contributed by atoms with van der Waals surface area (Å²) < 4.78 is 15.8. The standard InChI is InChI=1S/C18H17NO4/c1-11-8-14(16(20)9-17(11)22-3)18-15(10-19-23-18)12-4-6-13(21-2)7-5-12/h4-10,20H,1-3H3. The Hall–Kier alpha value is -2.95. The Bertz CT molecular complexity index is 822. The van der Waals surface area contributed by atoms with Crippen molar-refractivity contribution in [1.82, 2.24) is 5.16 Å². The first-order chi connectivity index (χ1) is 11.1. The van der Waals surface area contributed by atoms with Crippen molar-refractivity contribution in [3.05, 3.63) is 48.2 Å². The number of aromatic nitrogens is 1. The SMILES string of the molecule is COc1ccc(-c2cnoc2-c2cc(C)c(OC)cc2O)cc1. The normalized spacial score (nSPS) is 10.6. The average Bonchev–Trinajstić information content (AvgIpc) is 3.06. The van der Waals surface area contributed by atoms with Gasteiger partial charge in [0.15, 0.2) is 5.76 Å². The van der Waals surface area contributed by atoms with Crippen LogP contribution in [0.3, 0.4) is 0 Å². The van der Waals surface area contributed by atoms with Crippen molar-refractivity contribution in [2.45, 2.75) is 6.92 Å². The van der Waals surface area contributed by atoms with E-state index in [1.54, 1.807) is 26.5 Å². The number of rotatable bonds is 4. The van der Waals surface area contributed by atoms with Gasteiger partial charge in [-0.25, -0.2) is 0 Å². The monoisotopic (exact) mass is 311 g/mol. The molecule has 0 bridgehead atoms. The molecule has 0 atom stereocenters. The van der Waals surface area contributed by atoms with Crippen molar-refractivity contribution >= 4 is 0 Å². The lowest BCUT2D eigenvalue weighted by atomic mass is 10.00. The van der Waals surface area contributed by atoms with Gasteiger partial charge >= 0.3 is 0 Å². The van der Waals surface area contributed by atoms with Gasteiger partial charge in [-0.15, -0.1) is 0 Å². The lowest BCUT2D eigenvalue weighted by Crippen LogP contribution is -1.89. The van der Waals surface area contributed by atoms with Gasteiger partial charge in [-0.3, -0.25) is 0 Å². The first-order valence-corrected chi connectivity index (χ1v) is 7.11. The minimum Gasteiger partial charge on any atom is -0.507 e. The lowest BCUT2D eigenvalue weighted by Gasteiger charge is -2.09. The molecule has 23 heavy (non-hydrogen) atoms. The zero-order valence-corrected chi connectivity index (χ0v) is 13.2. The fraction of sp³-hybridized carbons (Fsp3) is 0.167. The lowest BCUT2D eigenvalue weighted by molar-refractivity contribution is 0.403. The second-order valence-electron chi connectivity index (χ2n) is 5.14. The number of hydrogen-bond donors (Lipinski definition) is 1. The molecule has 0 radical (unpaired) electrons. The molecule has 0 aliphatic carbocycles. The summed E-state index contributed by atoms with van der Waals surface area (Å²) in [6, 6.07) is 11.0. The van der Waals surface area contributed by atoms with Gasteiger partial charge in [-0.2, -0.15) is 0 Å². The van der Waals surface area contributed by atoms with Gasteiger partial charge in [0.05, 0.1) is 26.0 Å². The van der Waals surface area contributed by atoms with Gasteiger partial charge < -0.3 is 19.1 Å². The number of benzene rings is 2. The molecule has 0 aliphatic rings. The Morgan fingerprint density at radius 2 is 1.74 bits per heavy atom. The van der Waals surface area contributed by atoms with E-state index in [0.29, 0.717) is 17.1 Å². The van der Waals surface area contributed by atoms with Crippen LogP contribution in [0, 0.1) is 6.92 Å². The number of methoxy groups -OCH3 is 2. The Morgan fingerprint density at radius 3 is 2.39 bits per heavy atom. The zero-order valence-electron chi connectivity index (χ0n) is 13.2. The summed E-state index contributed by atoms with van der Waals surface area (Å²) in [4.78, 5) is 0. The van der Waals surface area contributed by atoms with Crippen LogP contribution in [-0.4, -0.2) is 24.5 Å². The molecular weight excluding hydrogens is 294 g/mol. The Balaban J connectivity index is 2.09. The van der Waals surface area contributed by atoms with E-state index in [9.17, 15) is 5.11 Å². The quantitative estimate of drug-likeness (QED) is 0.787. The molecule has 0 amide bonds. The molecule has 2 aromatic carbocycles. The molecule has 3 rings (SSSR count). The Morgan fingerprint density at radius 1 is 1.00 bits per heavy atom. The third-order valence-electron chi connectivity index (χ3n) is 3.73. The fourth-order valence-corrected chi connectivity index (χ4v) is 2.49. The summed E-state index contributed by atoms with van der Waals surface area (Å²) in [5.41, 5.74) is 3.20. The number of aryl methyl sites for hydroxylation is 1. The number of phenols is 1. The minimum absolute atomic E-state index is 0.0824. The van der Waals surface area contributed by atoms with Crippen LogP contribution in [0.15, 0.2) is 47.1 Å². The summed E-state index contributed by atoms with van der Waals surface area (Å²) >= 11 is 0. The summed E-state index contributed by atoms with van der Waals surface area (Å²) in [5.74, 6) is 1.99. The van der Waals surface area contributed by atoms with Crippen LogP contribution in [0.2, 0.25) is 0 Å². The minimum atomic E-state index is 0.0824. The molecule has 0 saturated heterocycles. The van der Waals surface area contributed by atoms with Crippen molar-refractivity contribution in [1.29, 1.82) is 0 Å². The van der Waals surface area contributed by atoms with Crippen LogP contribution >= 0.6 is 0 Å². The van der Waals surface area contributed by atoms with Crippen molar-refractivity contribution in [2.24, 2.45) is 0 Å². The average molecular weight is 311 g/mol. The highest BCUT2D eigenvalue weighted by Crippen LogP contribution is 2.40. The molecule has 5 nitrogen and oxygen atoms in total. The second-order valence-corrected chi connectivity index (χ2v) is 5.14. The van der Waals surface area contributed by atoms with E-state index in [4.69, 9.17) is 14.0 Å². The molecule has 3 aromatic rings. The summed E-state index contributed by atoms with van der Waals surface area (Å²) in [6.45, 7) is 1.91. The van der Waals surface area contributed by atoms with E-state index in [0.717, 1.165) is 22.4 Å². The molecule has 0 unspecified atom stereocenters. The van der Waals surface area contributed by atoms with Gasteiger partial charge in [0, 0.05) is 11.6 Å².